The van der Waals surface area contributed by atoms with E-state index in [0.29, 0.717) is 18.0 Å². The number of anilines is 1. The monoisotopic (exact) mass is 398 g/mol. The van der Waals surface area contributed by atoms with Crippen LogP contribution in [0.5, 0.6) is 0 Å². The fraction of sp³-hybridized carbons (Fsp3) is 0.136. The molecule has 0 aliphatic carbocycles. The first-order valence-corrected chi connectivity index (χ1v) is 9.26. The van der Waals surface area contributed by atoms with Gasteiger partial charge in [0.2, 0.25) is 0 Å². The van der Waals surface area contributed by atoms with Gasteiger partial charge in [-0.15, -0.1) is 0 Å². The molecule has 0 aromatic heterocycles. The Bertz CT molecular complexity index is 1020. The molecule has 1 aliphatic heterocycles. The number of rotatable bonds is 2. The lowest BCUT2D eigenvalue weighted by atomic mass is 9.88. The third kappa shape index (κ3) is 3.58. The minimum absolute atomic E-state index is 0.182. The van der Waals surface area contributed by atoms with Gasteiger partial charge in [0.15, 0.2) is 0 Å². The molecule has 0 radical (unpaired) electrons. The number of urea groups is 1. The van der Waals surface area contributed by atoms with E-state index in [9.17, 15) is 13.6 Å². The van der Waals surface area contributed by atoms with Crippen LogP contribution in [0, 0.1) is 11.6 Å². The van der Waals surface area contributed by atoms with E-state index in [0.717, 1.165) is 34.9 Å². The van der Waals surface area contributed by atoms with Crippen LogP contribution in [-0.2, 0) is 6.42 Å². The Balaban J connectivity index is 1.71. The molecule has 3 aromatic rings. The summed E-state index contributed by atoms with van der Waals surface area (Å²) in [7, 11) is 0. The van der Waals surface area contributed by atoms with Crippen molar-refractivity contribution >= 4 is 23.3 Å². The first-order chi connectivity index (χ1) is 13.5. The molecular weight excluding hydrogens is 382 g/mol. The van der Waals surface area contributed by atoms with Crippen LogP contribution in [0.2, 0.25) is 5.02 Å². The summed E-state index contributed by atoms with van der Waals surface area (Å²) in [6.07, 6.45) is 0.680. The molecule has 1 aliphatic rings. The van der Waals surface area contributed by atoms with Crippen LogP contribution in [0.4, 0.5) is 19.3 Å². The van der Waals surface area contributed by atoms with E-state index in [1.165, 1.54) is 0 Å². The molecule has 0 saturated heterocycles. The fourth-order valence-electron chi connectivity index (χ4n) is 3.57. The van der Waals surface area contributed by atoms with Crippen molar-refractivity contribution in [3.05, 3.63) is 100 Å². The van der Waals surface area contributed by atoms with Crippen molar-refractivity contribution in [1.29, 1.82) is 0 Å². The average Bonchev–Trinajstić information content (AvgIpc) is 2.70. The van der Waals surface area contributed by atoms with E-state index < -0.39 is 17.7 Å². The van der Waals surface area contributed by atoms with Crippen molar-refractivity contribution in [1.82, 2.24) is 4.90 Å². The normalized spacial score (nSPS) is 15.8. The number of nitrogens with one attached hydrogen (secondary N) is 1. The van der Waals surface area contributed by atoms with Crippen LogP contribution in [0.25, 0.3) is 0 Å². The molecule has 4 rings (SSSR count). The Labute approximate surface area is 166 Å². The molecule has 3 aromatic carbocycles. The van der Waals surface area contributed by atoms with Gasteiger partial charge in [0.25, 0.3) is 0 Å². The Morgan fingerprint density at radius 3 is 2.57 bits per heavy atom. The first kappa shape index (κ1) is 18.4. The SMILES string of the molecule is O=C(Nc1cc(F)ccc1F)N1CCc2ccccc2[C@H]1c1ccc(Cl)cc1. The quantitative estimate of drug-likeness (QED) is 0.581. The van der Waals surface area contributed by atoms with Crippen LogP contribution in [0.15, 0.2) is 66.7 Å². The molecule has 3 nitrogen and oxygen atoms in total. The number of hydrogen-bond donors (Lipinski definition) is 1. The average molecular weight is 399 g/mol. The molecule has 0 spiro atoms. The van der Waals surface area contributed by atoms with Crippen molar-refractivity contribution < 1.29 is 13.6 Å². The van der Waals surface area contributed by atoms with Crippen molar-refractivity contribution in [2.45, 2.75) is 12.5 Å². The van der Waals surface area contributed by atoms with Crippen LogP contribution >= 0.6 is 11.6 Å². The molecule has 1 N–H and O–H groups in total. The van der Waals surface area contributed by atoms with Gasteiger partial charge in [0.1, 0.15) is 11.6 Å². The van der Waals surface area contributed by atoms with Crippen LogP contribution in [0.1, 0.15) is 22.7 Å². The third-order valence-electron chi connectivity index (χ3n) is 4.90. The summed E-state index contributed by atoms with van der Waals surface area (Å²) in [5.41, 5.74) is 2.87. The maximum Gasteiger partial charge on any atom is 0.322 e. The zero-order valence-corrected chi connectivity index (χ0v) is 15.6. The molecule has 0 bridgehead atoms. The molecule has 2 amide bonds. The lowest BCUT2D eigenvalue weighted by Crippen LogP contribution is -2.43. The highest BCUT2D eigenvalue weighted by molar-refractivity contribution is 6.30. The summed E-state index contributed by atoms with van der Waals surface area (Å²) in [5.74, 6) is -1.30. The lowest BCUT2D eigenvalue weighted by molar-refractivity contribution is 0.194. The summed E-state index contributed by atoms with van der Waals surface area (Å²) in [6.45, 7) is 0.451. The second-order valence-corrected chi connectivity index (χ2v) is 7.09. The van der Waals surface area contributed by atoms with Crippen molar-refractivity contribution in [3.8, 4) is 0 Å². The van der Waals surface area contributed by atoms with Gasteiger partial charge in [-0.2, -0.15) is 0 Å². The van der Waals surface area contributed by atoms with Gasteiger partial charge in [-0.05, 0) is 47.4 Å². The van der Waals surface area contributed by atoms with Gasteiger partial charge in [-0.1, -0.05) is 48.0 Å². The Morgan fingerprint density at radius 1 is 1.04 bits per heavy atom. The van der Waals surface area contributed by atoms with Crippen molar-refractivity contribution in [3.63, 3.8) is 0 Å². The molecule has 28 heavy (non-hydrogen) atoms. The standard InChI is InChI=1S/C22H17ClF2N2O/c23-16-7-5-15(6-8-16)21-18-4-2-1-3-14(18)11-12-27(21)22(28)26-20-13-17(24)9-10-19(20)25/h1-10,13,21H,11-12H2,(H,26,28)/t21-/m1/s1. The Morgan fingerprint density at radius 2 is 1.79 bits per heavy atom. The summed E-state index contributed by atoms with van der Waals surface area (Å²) in [4.78, 5) is 14.6. The number of carbonyl (C=O) groups is 1. The van der Waals surface area contributed by atoms with Gasteiger partial charge in [0.05, 0.1) is 11.7 Å². The zero-order chi connectivity index (χ0) is 19.7. The van der Waals surface area contributed by atoms with Gasteiger partial charge >= 0.3 is 6.03 Å². The fourth-order valence-corrected chi connectivity index (χ4v) is 3.70. The summed E-state index contributed by atoms with van der Waals surface area (Å²) >= 11 is 6.02. The number of halogens is 3. The van der Waals surface area contributed by atoms with Crippen molar-refractivity contribution in [2.24, 2.45) is 0 Å². The number of carbonyl (C=O) groups excluding carboxylic acids is 1. The van der Waals surface area contributed by atoms with Crippen molar-refractivity contribution in [2.75, 3.05) is 11.9 Å². The Kier molecular flexibility index (Phi) is 5.01. The van der Waals surface area contributed by atoms with E-state index in [1.807, 2.05) is 36.4 Å². The highest BCUT2D eigenvalue weighted by Crippen LogP contribution is 2.36. The first-order valence-electron chi connectivity index (χ1n) is 8.89. The van der Waals surface area contributed by atoms with E-state index in [4.69, 9.17) is 11.6 Å². The minimum Gasteiger partial charge on any atom is -0.313 e. The highest BCUT2D eigenvalue weighted by atomic mass is 35.5. The lowest BCUT2D eigenvalue weighted by Gasteiger charge is -2.37. The number of amides is 2. The maximum absolute atomic E-state index is 14.0. The number of nitrogens with zero attached hydrogens (tertiary/aromatic N) is 1. The maximum atomic E-state index is 14.0. The van der Waals surface area contributed by atoms with Gasteiger partial charge in [0, 0.05) is 17.6 Å². The molecule has 6 heteroatoms. The third-order valence-corrected chi connectivity index (χ3v) is 5.15. The van der Waals surface area contributed by atoms with E-state index in [2.05, 4.69) is 5.32 Å². The number of benzene rings is 3. The topological polar surface area (TPSA) is 32.3 Å². The molecule has 1 atom stereocenters. The minimum atomic E-state index is -0.685. The predicted molar refractivity (Wildman–Crippen MR) is 106 cm³/mol. The van der Waals surface area contributed by atoms with Crippen LogP contribution in [0.3, 0.4) is 0 Å². The van der Waals surface area contributed by atoms with E-state index in [1.54, 1.807) is 17.0 Å². The van der Waals surface area contributed by atoms with E-state index >= 15 is 0 Å². The Hall–Kier alpha value is -2.92. The van der Waals surface area contributed by atoms with Gasteiger partial charge < -0.3 is 10.2 Å². The summed E-state index contributed by atoms with van der Waals surface area (Å²) in [5, 5.41) is 3.11. The number of hydrogen-bond acceptors (Lipinski definition) is 1. The van der Waals surface area contributed by atoms with Gasteiger partial charge in [-0.3, -0.25) is 0 Å². The number of fused-ring (bicyclic) bond motifs is 1. The molecular formula is C22H17ClF2N2O. The second-order valence-electron chi connectivity index (χ2n) is 6.65. The molecule has 142 valence electrons. The molecule has 0 saturated carbocycles. The zero-order valence-electron chi connectivity index (χ0n) is 14.8. The largest absolute Gasteiger partial charge is 0.322 e. The van der Waals surface area contributed by atoms with Crippen LogP contribution < -0.4 is 5.32 Å². The molecule has 1 heterocycles. The van der Waals surface area contributed by atoms with E-state index in [-0.39, 0.29) is 11.7 Å². The molecule has 0 fully saturated rings. The second kappa shape index (κ2) is 7.60. The smallest absolute Gasteiger partial charge is 0.313 e. The molecule has 0 unspecified atom stereocenters. The summed E-state index contributed by atoms with van der Waals surface area (Å²) < 4.78 is 27.5. The summed E-state index contributed by atoms with van der Waals surface area (Å²) in [6, 6.07) is 17.4. The highest BCUT2D eigenvalue weighted by Gasteiger charge is 2.32. The predicted octanol–water partition coefficient (Wildman–Crippen LogP) is 5.80. The van der Waals surface area contributed by atoms with Crippen LogP contribution in [-0.4, -0.2) is 17.5 Å². The van der Waals surface area contributed by atoms with Gasteiger partial charge in [-0.25, -0.2) is 13.6 Å².